The summed E-state index contributed by atoms with van der Waals surface area (Å²) in [6, 6.07) is 0. The quantitative estimate of drug-likeness (QED) is 0.667. The molecule has 8 atom stereocenters. The molecule has 1 spiro atoms. The summed E-state index contributed by atoms with van der Waals surface area (Å²) in [5.41, 5.74) is -0.491. The molecule has 2 bridgehead atoms. The number of fused-ring (bicyclic) bond motifs is 2. The molecule has 6 heteroatoms. The molecule has 5 aliphatic rings. The minimum Gasteiger partial charge on any atom is -0.319 e. The molecular weight excluding hydrogens is 340 g/mol. The molecule has 5 nitrogen and oxygen atoms in total. The number of rotatable bonds is 1. The van der Waals surface area contributed by atoms with Crippen LogP contribution in [0.1, 0.15) is 46.5 Å². The summed E-state index contributed by atoms with van der Waals surface area (Å²) in [5, 5.41) is 0. The van der Waals surface area contributed by atoms with Crippen LogP contribution in [0.3, 0.4) is 0 Å². The van der Waals surface area contributed by atoms with Crippen LogP contribution in [0.15, 0.2) is 0 Å². The van der Waals surface area contributed by atoms with E-state index in [4.69, 9.17) is 23.1 Å². The fourth-order valence-electron chi connectivity index (χ4n) is 4.97. The minimum absolute atomic E-state index is 0.227. The van der Waals surface area contributed by atoms with Crippen molar-refractivity contribution in [1.82, 2.24) is 0 Å². The smallest absolute Gasteiger partial charge is 0.201 e. The second-order valence-corrected chi connectivity index (χ2v) is 7.74. The Kier molecular flexibility index (Phi) is 3.45. The molecule has 1 aliphatic carbocycles. The van der Waals surface area contributed by atoms with Crippen LogP contribution in [0.2, 0.25) is 0 Å². The zero-order valence-electron chi connectivity index (χ0n) is 12.7. The molecule has 5 rings (SSSR count). The standard InChI is InChI=1S/C15H23BrO5/c1-8-4-5-11-9(2)12(19-16)17-13-15(11)10(8)6-7-14(3,18-13)20-21-15/h8-13H,4-7H2,1-3H3/t8-,9-,10?,11+,12-,13-,14?,15-/m1/s1. The lowest BCUT2D eigenvalue weighted by Crippen LogP contribution is -2.70. The second-order valence-electron chi connectivity index (χ2n) is 7.36. The van der Waals surface area contributed by atoms with Crippen LogP contribution in [0.25, 0.3) is 0 Å². The number of ether oxygens (including phenoxy) is 2. The van der Waals surface area contributed by atoms with E-state index in [1.54, 1.807) is 0 Å². The highest BCUT2D eigenvalue weighted by Gasteiger charge is 2.69. The van der Waals surface area contributed by atoms with Gasteiger partial charge in [-0.2, -0.15) is 0 Å². The predicted octanol–water partition coefficient (Wildman–Crippen LogP) is 3.52. The second kappa shape index (κ2) is 4.89. The molecule has 2 unspecified atom stereocenters. The summed E-state index contributed by atoms with van der Waals surface area (Å²) in [5.74, 6) is 0.834. The Morgan fingerprint density at radius 3 is 2.67 bits per heavy atom. The van der Waals surface area contributed by atoms with Gasteiger partial charge in [0.1, 0.15) is 16.3 Å². The molecule has 5 fully saturated rings. The topological polar surface area (TPSA) is 46.2 Å². The van der Waals surface area contributed by atoms with Gasteiger partial charge >= 0.3 is 0 Å². The van der Waals surface area contributed by atoms with Crippen molar-refractivity contribution in [3.63, 3.8) is 0 Å². The summed E-state index contributed by atoms with van der Waals surface area (Å²) in [4.78, 5) is 11.8. The van der Waals surface area contributed by atoms with E-state index in [0.717, 1.165) is 19.3 Å². The highest BCUT2D eigenvalue weighted by atomic mass is 79.9. The molecule has 0 amide bonds. The van der Waals surface area contributed by atoms with Gasteiger partial charge in [-0.25, -0.2) is 9.78 Å². The normalized spacial score (nSPS) is 59.4. The highest BCUT2D eigenvalue weighted by molar-refractivity contribution is 9.06. The van der Waals surface area contributed by atoms with Gasteiger partial charge in [0.25, 0.3) is 0 Å². The maximum Gasteiger partial charge on any atom is 0.201 e. The first kappa shape index (κ1) is 14.8. The van der Waals surface area contributed by atoms with Crippen molar-refractivity contribution in [2.24, 2.45) is 23.7 Å². The van der Waals surface area contributed by atoms with Crippen LogP contribution in [0.4, 0.5) is 0 Å². The van der Waals surface area contributed by atoms with Crippen molar-refractivity contribution in [1.29, 1.82) is 0 Å². The summed E-state index contributed by atoms with van der Waals surface area (Å²) in [6.07, 6.45) is 3.46. The Balaban J connectivity index is 1.79. The molecular formula is C15H23BrO5. The number of hydrogen-bond acceptors (Lipinski definition) is 5. The zero-order valence-corrected chi connectivity index (χ0v) is 14.3. The van der Waals surface area contributed by atoms with Gasteiger partial charge in [0.05, 0.1) is 0 Å². The van der Waals surface area contributed by atoms with E-state index < -0.39 is 17.7 Å². The zero-order chi connectivity index (χ0) is 14.8. The Labute approximate surface area is 134 Å². The molecule has 0 aromatic rings. The van der Waals surface area contributed by atoms with Crippen LogP contribution >= 0.6 is 16.3 Å². The van der Waals surface area contributed by atoms with Crippen LogP contribution in [-0.2, 0) is 23.1 Å². The van der Waals surface area contributed by atoms with E-state index in [0.29, 0.717) is 17.8 Å². The van der Waals surface area contributed by atoms with Gasteiger partial charge in [0.2, 0.25) is 5.79 Å². The molecule has 1 saturated carbocycles. The molecule has 4 aliphatic heterocycles. The van der Waals surface area contributed by atoms with Crippen LogP contribution in [-0.4, -0.2) is 24.0 Å². The lowest BCUT2D eigenvalue weighted by molar-refractivity contribution is -0.575. The van der Waals surface area contributed by atoms with Crippen molar-refractivity contribution >= 4 is 16.3 Å². The van der Waals surface area contributed by atoms with E-state index in [1.807, 2.05) is 6.92 Å². The van der Waals surface area contributed by atoms with E-state index in [2.05, 4.69) is 30.1 Å². The van der Waals surface area contributed by atoms with Gasteiger partial charge in [-0.05, 0) is 38.0 Å². The SMILES string of the molecule is C[C@H]1[C@@H](OBr)O[C@@H]2OC3(C)CCC4[C@H](C)CC[C@@H]1[C@]42OO3. The highest BCUT2D eigenvalue weighted by Crippen LogP contribution is 2.60. The monoisotopic (exact) mass is 362 g/mol. The van der Waals surface area contributed by atoms with Crippen LogP contribution < -0.4 is 0 Å². The van der Waals surface area contributed by atoms with E-state index in [9.17, 15) is 0 Å². The summed E-state index contributed by atoms with van der Waals surface area (Å²) in [7, 11) is 0. The summed E-state index contributed by atoms with van der Waals surface area (Å²) < 4.78 is 17.7. The average molecular weight is 363 g/mol. The lowest BCUT2D eigenvalue weighted by Gasteiger charge is -2.59. The van der Waals surface area contributed by atoms with Crippen molar-refractivity contribution in [2.45, 2.75) is 70.4 Å². The Bertz CT molecular complexity index is 434. The van der Waals surface area contributed by atoms with Gasteiger partial charge in [-0.1, -0.05) is 13.8 Å². The van der Waals surface area contributed by atoms with E-state index in [-0.39, 0.29) is 12.2 Å². The van der Waals surface area contributed by atoms with Gasteiger partial charge in [0, 0.05) is 18.3 Å². The Morgan fingerprint density at radius 1 is 1.10 bits per heavy atom. The average Bonchev–Trinajstić information content (AvgIpc) is 2.69. The van der Waals surface area contributed by atoms with Gasteiger partial charge < -0.3 is 9.47 Å². The fourth-order valence-corrected chi connectivity index (χ4v) is 5.40. The molecule has 0 N–H and O–H groups in total. The van der Waals surface area contributed by atoms with E-state index in [1.165, 1.54) is 6.42 Å². The Hall–Kier alpha value is 0.280. The predicted molar refractivity (Wildman–Crippen MR) is 76.8 cm³/mol. The van der Waals surface area contributed by atoms with Gasteiger partial charge in [-0.3, -0.25) is 3.83 Å². The molecule has 0 radical (unpaired) electrons. The minimum atomic E-state index is -0.713. The maximum atomic E-state index is 6.19. The van der Waals surface area contributed by atoms with Crippen LogP contribution in [0, 0.1) is 23.7 Å². The first-order chi connectivity index (χ1) is 10.00. The van der Waals surface area contributed by atoms with Crippen molar-refractivity contribution in [3.05, 3.63) is 0 Å². The van der Waals surface area contributed by atoms with Crippen molar-refractivity contribution < 1.29 is 23.1 Å². The number of halogens is 1. The molecule has 120 valence electrons. The molecule has 21 heavy (non-hydrogen) atoms. The first-order valence-electron chi connectivity index (χ1n) is 7.98. The Morgan fingerprint density at radius 2 is 1.90 bits per heavy atom. The molecule has 0 aromatic carbocycles. The largest absolute Gasteiger partial charge is 0.319 e. The third-order valence-corrected chi connectivity index (χ3v) is 6.55. The summed E-state index contributed by atoms with van der Waals surface area (Å²) >= 11 is 3.10. The molecule has 4 heterocycles. The first-order valence-corrected chi connectivity index (χ1v) is 8.62. The third kappa shape index (κ3) is 1.93. The van der Waals surface area contributed by atoms with Gasteiger partial charge in [0.15, 0.2) is 18.2 Å². The molecule has 4 saturated heterocycles. The van der Waals surface area contributed by atoms with E-state index >= 15 is 0 Å². The fraction of sp³-hybridized carbons (Fsp3) is 1.00. The maximum absolute atomic E-state index is 6.19. The van der Waals surface area contributed by atoms with Crippen molar-refractivity contribution in [3.8, 4) is 0 Å². The summed E-state index contributed by atoms with van der Waals surface area (Å²) in [6.45, 7) is 6.41. The number of hydrogen-bond donors (Lipinski definition) is 0. The molecule has 0 aromatic heterocycles. The van der Waals surface area contributed by atoms with Crippen LogP contribution in [0.5, 0.6) is 0 Å². The lowest BCUT2D eigenvalue weighted by atomic mass is 9.58. The third-order valence-electron chi connectivity index (χ3n) is 6.18. The van der Waals surface area contributed by atoms with Gasteiger partial charge in [-0.15, -0.1) is 0 Å². The van der Waals surface area contributed by atoms with Crippen molar-refractivity contribution in [2.75, 3.05) is 0 Å².